The topological polar surface area (TPSA) is 110 Å². The lowest BCUT2D eigenvalue weighted by Gasteiger charge is -2.06. The number of nitrogen functional groups attached to an aromatic ring is 1. The van der Waals surface area contributed by atoms with Crippen LogP contribution in [0.25, 0.3) is 22.8 Å². The van der Waals surface area contributed by atoms with Gasteiger partial charge in [-0.1, -0.05) is 18.2 Å². The Morgan fingerprint density at radius 2 is 2.14 bits per heavy atom. The average molecular weight is 385 g/mol. The number of anilines is 1. The van der Waals surface area contributed by atoms with Gasteiger partial charge in [-0.25, -0.2) is 9.67 Å². The molecule has 4 aromatic rings. The maximum absolute atomic E-state index is 13.1. The zero-order chi connectivity index (χ0) is 20.1. The second-order valence-corrected chi connectivity index (χ2v) is 7.25. The molecule has 0 radical (unpaired) electrons. The summed E-state index contributed by atoms with van der Waals surface area (Å²) in [6.07, 6.45) is 3.92. The monoisotopic (exact) mass is 385 g/mol. The van der Waals surface area contributed by atoms with Gasteiger partial charge in [0.05, 0.1) is 35.1 Å². The van der Waals surface area contributed by atoms with Crippen molar-refractivity contribution in [1.82, 2.24) is 19.7 Å². The fraction of sp³-hybridized carbons (Fsp3) is 0.136. The summed E-state index contributed by atoms with van der Waals surface area (Å²) in [6.45, 7) is 1.88. The second kappa shape index (κ2) is 6.42. The number of hydrogen-bond donors (Lipinski definition) is 3. The number of rotatable bonds is 4. The third-order valence-corrected chi connectivity index (χ3v) is 5.27. The SMILES string of the molecule is Cc1nc2ccc(-n3ncc(C(=O)C4=Cc5ccc(CO)cc5C4)c3N)cc2[nH]1. The summed E-state index contributed by atoms with van der Waals surface area (Å²) < 4.78 is 1.56. The maximum Gasteiger partial charge on any atom is 0.194 e. The van der Waals surface area contributed by atoms with Crippen LogP contribution in [0.4, 0.5) is 5.82 Å². The largest absolute Gasteiger partial charge is 0.392 e. The van der Waals surface area contributed by atoms with Crippen LogP contribution in [-0.2, 0) is 13.0 Å². The van der Waals surface area contributed by atoms with E-state index in [4.69, 9.17) is 5.73 Å². The molecule has 5 rings (SSSR count). The van der Waals surface area contributed by atoms with E-state index < -0.39 is 0 Å². The average Bonchev–Trinajstić information content (AvgIpc) is 3.41. The molecule has 4 N–H and O–H groups in total. The summed E-state index contributed by atoms with van der Waals surface area (Å²) in [6, 6.07) is 11.4. The molecular weight excluding hydrogens is 366 g/mol. The van der Waals surface area contributed by atoms with E-state index in [0.717, 1.165) is 39.2 Å². The highest BCUT2D eigenvalue weighted by atomic mass is 16.3. The van der Waals surface area contributed by atoms with Gasteiger partial charge in [-0.3, -0.25) is 4.79 Å². The first kappa shape index (κ1) is 17.4. The van der Waals surface area contributed by atoms with Gasteiger partial charge in [-0.05, 0) is 47.9 Å². The number of aliphatic hydroxyl groups excluding tert-OH is 1. The maximum atomic E-state index is 13.1. The fourth-order valence-corrected chi connectivity index (χ4v) is 3.81. The molecule has 0 saturated carbocycles. The van der Waals surface area contributed by atoms with Crippen molar-refractivity contribution in [3.8, 4) is 5.69 Å². The van der Waals surface area contributed by atoms with Crippen molar-refractivity contribution in [2.45, 2.75) is 20.0 Å². The number of nitrogens with two attached hydrogens (primary N) is 1. The minimum Gasteiger partial charge on any atom is -0.392 e. The molecule has 0 fully saturated rings. The van der Waals surface area contributed by atoms with E-state index in [1.807, 2.05) is 49.4 Å². The highest BCUT2D eigenvalue weighted by molar-refractivity contribution is 6.15. The first-order chi connectivity index (χ1) is 14.0. The molecule has 2 aromatic heterocycles. The quantitative estimate of drug-likeness (QED) is 0.468. The Bertz CT molecular complexity index is 1310. The molecule has 2 heterocycles. The fourth-order valence-electron chi connectivity index (χ4n) is 3.81. The van der Waals surface area contributed by atoms with E-state index in [2.05, 4.69) is 15.1 Å². The number of benzene rings is 2. The highest BCUT2D eigenvalue weighted by Crippen LogP contribution is 2.30. The number of aliphatic hydroxyl groups is 1. The number of carbonyl (C=O) groups excluding carboxylic acids is 1. The summed E-state index contributed by atoms with van der Waals surface area (Å²) in [5, 5.41) is 13.7. The third-order valence-electron chi connectivity index (χ3n) is 5.27. The van der Waals surface area contributed by atoms with Crippen molar-refractivity contribution in [3.05, 3.63) is 76.2 Å². The van der Waals surface area contributed by atoms with Gasteiger partial charge in [0.15, 0.2) is 5.78 Å². The number of hydrogen-bond acceptors (Lipinski definition) is 5. The van der Waals surface area contributed by atoms with E-state index in [1.54, 1.807) is 4.68 Å². The van der Waals surface area contributed by atoms with Crippen molar-refractivity contribution in [1.29, 1.82) is 0 Å². The number of H-pyrrole nitrogens is 1. The van der Waals surface area contributed by atoms with Crippen LogP contribution in [0.1, 0.15) is 32.9 Å². The van der Waals surface area contributed by atoms with Gasteiger partial charge >= 0.3 is 0 Å². The van der Waals surface area contributed by atoms with Gasteiger partial charge in [-0.15, -0.1) is 0 Å². The lowest BCUT2D eigenvalue weighted by Crippen LogP contribution is -2.08. The summed E-state index contributed by atoms with van der Waals surface area (Å²) in [4.78, 5) is 20.7. The first-order valence-electron chi connectivity index (χ1n) is 9.31. The molecule has 0 atom stereocenters. The van der Waals surface area contributed by atoms with Crippen molar-refractivity contribution in [2.75, 3.05) is 5.73 Å². The normalized spacial score (nSPS) is 13.0. The Morgan fingerprint density at radius 1 is 1.28 bits per heavy atom. The number of aromatic nitrogens is 4. The minimum atomic E-state index is -0.131. The number of fused-ring (bicyclic) bond motifs is 2. The molecule has 1 aliphatic rings. The van der Waals surface area contributed by atoms with Gasteiger partial charge in [0.25, 0.3) is 0 Å². The molecule has 2 aromatic carbocycles. The lowest BCUT2D eigenvalue weighted by atomic mass is 10.0. The lowest BCUT2D eigenvalue weighted by molar-refractivity contribution is 0.103. The van der Waals surface area contributed by atoms with Crippen molar-refractivity contribution in [3.63, 3.8) is 0 Å². The van der Waals surface area contributed by atoms with E-state index >= 15 is 0 Å². The number of Topliss-reactive ketones (excluding diaryl/α,β-unsaturated/α-hetero) is 1. The van der Waals surface area contributed by atoms with Gasteiger partial charge in [0, 0.05) is 12.0 Å². The van der Waals surface area contributed by atoms with Gasteiger partial charge in [-0.2, -0.15) is 5.10 Å². The van der Waals surface area contributed by atoms with Gasteiger partial charge < -0.3 is 15.8 Å². The standard InChI is InChI=1S/C22H19N5O2/c1-12-25-19-5-4-17(9-20(19)26-12)27-22(23)18(10-24-27)21(29)16-7-14-3-2-13(11-28)6-15(14)8-16/h2-7,9-10,28H,8,11,23H2,1H3,(H,25,26). The van der Waals surface area contributed by atoms with Crippen LogP contribution in [0.3, 0.4) is 0 Å². The molecule has 29 heavy (non-hydrogen) atoms. The Hall–Kier alpha value is -3.71. The van der Waals surface area contributed by atoms with Crippen molar-refractivity contribution in [2.24, 2.45) is 0 Å². The third kappa shape index (κ3) is 2.83. The predicted octanol–water partition coefficient (Wildman–Crippen LogP) is 2.95. The van der Waals surface area contributed by atoms with Crippen molar-refractivity contribution < 1.29 is 9.90 Å². The van der Waals surface area contributed by atoms with E-state index in [1.165, 1.54) is 6.20 Å². The number of aryl methyl sites for hydroxylation is 1. The zero-order valence-electron chi connectivity index (χ0n) is 15.8. The molecule has 0 unspecified atom stereocenters. The highest BCUT2D eigenvalue weighted by Gasteiger charge is 2.24. The smallest absolute Gasteiger partial charge is 0.194 e. The molecule has 7 nitrogen and oxygen atoms in total. The molecular formula is C22H19N5O2. The Kier molecular flexibility index (Phi) is 3.85. The van der Waals surface area contributed by atoms with Crippen LogP contribution >= 0.6 is 0 Å². The van der Waals surface area contributed by atoms with Crippen molar-refractivity contribution >= 4 is 28.7 Å². The zero-order valence-corrected chi connectivity index (χ0v) is 15.8. The van der Waals surface area contributed by atoms with Crippen LogP contribution in [0.15, 0.2) is 48.2 Å². The van der Waals surface area contributed by atoms with Crippen LogP contribution in [-0.4, -0.2) is 30.6 Å². The second-order valence-electron chi connectivity index (χ2n) is 7.25. The van der Waals surface area contributed by atoms with Gasteiger partial charge in [0.1, 0.15) is 11.6 Å². The Morgan fingerprint density at radius 3 is 2.97 bits per heavy atom. The summed E-state index contributed by atoms with van der Waals surface area (Å²) in [5.74, 6) is 1.01. The number of nitrogens with one attached hydrogen (secondary N) is 1. The molecule has 144 valence electrons. The molecule has 0 bridgehead atoms. The number of ketones is 1. The van der Waals surface area contributed by atoms with Crippen LogP contribution in [0.2, 0.25) is 0 Å². The molecule has 0 saturated heterocycles. The van der Waals surface area contributed by atoms with E-state index in [9.17, 15) is 9.90 Å². The number of nitrogens with zero attached hydrogens (tertiary/aromatic N) is 3. The van der Waals surface area contributed by atoms with Crippen LogP contribution < -0.4 is 5.73 Å². The van der Waals surface area contributed by atoms with Gasteiger partial charge in [0.2, 0.25) is 0 Å². The Labute approximate surface area is 166 Å². The van der Waals surface area contributed by atoms with E-state index in [0.29, 0.717) is 23.4 Å². The molecule has 0 amide bonds. The summed E-state index contributed by atoms with van der Waals surface area (Å²) in [5.41, 5.74) is 12.7. The molecule has 7 heteroatoms. The number of aromatic amines is 1. The molecule has 1 aliphatic carbocycles. The van der Waals surface area contributed by atoms with Crippen LogP contribution in [0, 0.1) is 6.92 Å². The number of imidazole rings is 1. The first-order valence-corrected chi connectivity index (χ1v) is 9.31. The summed E-state index contributed by atoms with van der Waals surface area (Å²) in [7, 11) is 0. The predicted molar refractivity (Wildman–Crippen MR) is 111 cm³/mol. The Balaban J connectivity index is 1.47. The number of allylic oxidation sites excluding steroid dienone is 1. The molecule has 0 spiro atoms. The number of carbonyl (C=O) groups is 1. The minimum absolute atomic E-state index is 0.0174. The van der Waals surface area contributed by atoms with Crippen LogP contribution in [0.5, 0.6) is 0 Å². The summed E-state index contributed by atoms with van der Waals surface area (Å²) >= 11 is 0. The molecule has 0 aliphatic heterocycles. The van der Waals surface area contributed by atoms with E-state index in [-0.39, 0.29) is 12.4 Å².